The molecule has 2 aromatic carbocycles. The second kappa shape index (κ2) is 12.6. The third-order valence-electron chi connectivity index (χ3n) is 5.84. The number of guanidine groups is 1. The summed E-state index contributed by atoms with van der Waals surface area (Å²) in [6.45, 7) is 5.35. The van der Waals surface area contributed by atoms with E-state index in [0.717, 1.165) is 43.5 Å². The molecule has 0 saturated carbocycles. The van der Waals surface area contributed by atoms with Crippen molar-refractivity contribution in [2.75, 3.05) is 57.1 Å². The van der Waals surface area contributed by atoms with E-state index in [1.54, 1.807) is 6.07 Å². The van der Waals surface area contributed by atoms with Crippen molar-refractivity contribution in [3.63, 3.8) is 0 Å². The molecule has 0 bridgehead atoms. The molecule has 2 aliphatic rings. The summed E-state index contributed by atoms with van der Waals surface area (Å²) in [7, 11) is 1.82. The summed E-state index contributed by atoms with van der Waals surface area (Å²) in [4.78, 5) is 10.1. The zero-order valence-corrected chi connectivity index (χ0v) is 21.7. The highest BCUT2D eigenvalue weighted by Crippen LogP contribution is 2.26. The van der Waals surface area contributed by atoms with Gasteiger partial charge >= 0.3 is 0 Å². The summed E-state index contributed by atoms with van der Waals surface area (Å²) < 4.78 is 20.0. The molecule has 32 heavy (non-hydrogen) atoms. The smallest absolute Gasteiger partial charge is 0.193 e. The molecule has 0 aromatic heterocycles. The summed E-state index contributed by atoms with van der Waals surface area (Å²) in [5, 5.41) is 3.42. The minimum atomic E-state index is -0.171. The van der Waals surface area contributed by atoms with Crippen molar-refractivity contribution in [1.82, 2.24) is 10.2 Å². The van der Waals surface area contributed by atoms with Gasteiger partial charge in [0.15, 0.2) is 5.96 Å². The Balaban J connectivity index is 0.00000289. The largest absolute Gasteiger partial charge is 0.378 e. The van der Waals surface area contributed by atoms with Crippen LogP contribution in [0.3, 0.4) is 0 Å². The maximum absolute atomic E-state index is 14.7. The predicted molar refractivity (Wildman–Crippen MR) is 142 cm³/mol. The average Bonchev–Trinajstić information content (AvgIpc) is 3.28. The van der Waals surface area contributed by atoms with Gasteiger partial charge in [0.05, 0.1) is 18.9 Å². The molecule has 1 N–H and O–H groups in total. The monoisotopic (exact) mass is 570 g/mol. The van der Waals surface area contributed by atoms with E-state index in [0.29, 0.717) is 31.4 Å². The van der Waals surface area contributed by atoms with Gasteiger partial charge in [0.1, 0.15) is 5.82 Å². The molecular formula is C24H32FIN4OS. The van der Waals surface area contributed by atoms with Gasteiger partial charge in [0.25, 0.3) is 0 Å². The highest BCUT2D eigenvalue weighted by molar-refractivity contribution is 14.0. The molecule has 2 aromatic rings. The van der Waals surface area contributed by atoms with Crippen LogP contribution >= 0.6 is 35.7 Å². The minimum absolute atomic E-state index is 0. The van der Waals surface area contributed by atoms with Gasteiger partial charge in [-0.25, -0.2) is 4.39 Å². The number of halogens is 2. The summed E-state index contributed by atoms with van der Waals surface area (Å²) >= 11 is 1.92. The quantitative estimate of drug-likeness (QED) is 0.240. The SMILES string of the molecule is CN=C(NCc1ccc(N2CCOCC2)c(F)c1)N1CCC(CSc2ccccc2)C1.I. The van der Waals surface area contributed by atoms with Crippen molar-refractivity contribution in [3.8, 4) is 0 Å². The molecule has 2 saturated heterocycles. The Morgan fingerprint density at radius 1 is 1.16 bits per heavy atom. The van der Waals surface area contributed by atoms with E-state index in [2.05, 4.69) is 45.5 Å². The topological polar surface area (TPSA) is 40.1 Å². The Bertz CT molecular complexity index is 880. The lowest BCUT2D eigenvalue weighted by Crippen LogP contribution is -2.39. The normalized spacial score (nSPS) is 19.1. The van der Waals surface area contributed by atoms with Gasteiger partial charge in [-0.1, -0.05) is 24.3 Å². The second-order valence-electron chi connectivity index (χ2n) is 8.01. The molecule has 174 valence electrons. The Morgan fingerprint density at radius 2 is 1.94 bits per heavy atom. The van der Waals surface area contributed by atoms with E-state index in [4.69, 9.17) is 4.74 Å². The Hall–Kier alpha value is -1.52. The number of ether oxygens (including phenoxy) is 1. The molecule has 2 heterocycles. The van der Waals surface area contributed by atoms with Crippen LogP contribution in [0, 0.1) is 11.7 Å². The summed E-state index contributed by atoms with van der Waals surface area (Å²) in [6, 6.07) is 16.1. The zero-order valence-electron chi connectivity index (χ0n) is 18.5. The van der Waals surface area contributed by atoms with E-state index in [-0.39, 0.29) is 29.8 Å². The molecular weight excluding hydrogens is 538 g/mol. The number of likely N-dealkylation sites (tertiary alicyclic amines) is 1. The molecule has 0 radical (unpaired) electrons. The molecule has 8 heteroatoms. The fourth-order valence-corrected chi connectivity index (χ4v) is 5.18. The number of nitrogens with one attached hydrogen (secondary N) is 1. The number of nitrogens with zero attached hydrogens (tertiary/aromatic N) is 3. The Labute approximate surface area is 211 Å². The van der Waals surface area contributed by atoms with Gasteiger partial charge in [-0.15, -0.1) is 35.7 Å². The third kappa shape index (κ3) is 6.74. The third-order valence-corrected chi connectivity index (χ3v) is 7.08. The fraction of sp³-hybridized carbons (Fsp3) is 0.458. The van der Waals surface area contributed by atoms with E-state index >= 15 is 0 Å². The number of morpholine rings is 1. The molecule has 4 rings (SSSR count). The van der Waals surface area contributed by atoms with Gasteiger partial charge in [-0.3, -0.25) is 4.99 Å². The molecule has 1 atom stereocenters. The number of rotatable bonds is 6. The molecule has 2 fully saturated rings. The maximum Gasteiger partial charge on any atom is 0.193 e. The van der Waals surface area contributed by atoms with Crippen LogP contribution in [0.15, 0.2) is 58.4 Å². The van der Waals surface area contributed by atoms with Gasteiger partial charge in [0.2, 0.25) is 0 Å². The number of hydrogen-bond acceptors (Lipinski definition) is 4. The van der Waals surface area contributed by atoms with Crippen molar-refractivity contribution in [2.45, 2.75) is 17.9 Å². The lowest BCUT2D eigenvalue weighted by Gasteiger charge is -2.29. The molecule has 1 unspecified atom stereocenters. The first-order valence-electron chi connectivity index (χ1n) is 11.0. The van der Waals surface area contributed by atoms with Crippen molar-refractivity contribution in [2.24, 2.45) is 10.9 Å². The van der Waals surface area contributed by atoms with Crippen LogP contribution < -0.4 is 10.2 Å². The minimum Gasteiger partial charge on any atom is -0.378 e. The molecule has 0 aliphatic carbocycles. The van der Waals surface area contributed by atoms with Crippen molar-refractivity contribution in [3.05, 3.63) is 59.9 Å². The van der Waals surface area contributed by atoms with Crippen molar-refractivity contribution < 1.29 is 9.13 Å². The van der Waals surface area contributed by atoms with Gasteiger partial charge < -0.3 is 19.9 Å². The number of aliphatic imine (C=N–C) groups is 1. The van der Waals surface area contributed by atoms with Crippen LogP contribution in [0.4, 0.5) is 10.1 Å². The summed E-state index contributed by atoms with van der Waals surface area (Å²) in [6.07, 6.45) is 1.17. The van der Waals surface area contributed by atoms with Crippen molar-refractivity contribution in [1.29, 1.82) is 0 Å². The number of thioether (sulfide) groups is 1. The van der Waals surface area contributed by atoms with Gasteiger partial charge in [-0.05, 0) is 42.2 Å². The molecule has 0 amide bonds. The highest BCUT2D eigenvalue weighted by atomic mass is 127. The predicted octanol–water partition coefficient (Wildman–Crippen LogP) is 4.47. The lowest BCUT2D eigenvalue weighted by atomic mass is 10.1. The summed E-state index contributed by atoms with van der Waals surface area (Å²) in [5.74, 6) is 2.49. The average molecular weight is 571 g/mol. The highest BCUT2D eigenvalue weighted by Gasteiger charge is 2.25. The van der Waals surface area contributed by atoms with Crippen LogP contribution in [0.5, 0.6) is 0 Å². The number of anilines is 1. The van der Waals surface area contributed by atoms with Crippen molar-refractivity contribution >= 4 is 47.4 Å². The fourth-order valence-electron chi connectivity index (χ4n) is 4.13. The standard InChI is InChI=1S/C24H31FN4OS.HI/c1-26-24(29-10-9-20(17-29)18-31-21-5-3-2-4-6-21)27-16-19-7-8-23(22(25)15-19)28-11-13-30-14-12-28;/h2-8,15,20H,9-14,16-18H2,1H3,(H,26,27);1H. The van der Waals surface area contributed by atoms with Crippen LogP contribution in [-0.4, -0.2) is 63.1 Å². The van der Waals surface area contributed by atoms with Crippen LogP contribution in [-0.2, 0) is 11.3 Å². The maximum atomic E-state index is 14.7. The summed E-state index contributed by atoms with van der Waals surface area (Å²) in [5.41, 5.74) is 1.58. The first-order chi connectivity index (χ1) is 15.2. The first kappa shape index (κ1) is 25.1. The second-order valence-corrected chi connectivity index (χ2v) is 9.10. The zero-order chi connectivity index (χ0) is 21.5. The van der Waals surface area contributed by atoms with E-state index in [9.17, 15) is 4.39 Å². The van der Waals surface area contributed by atoms with Crippen LogP contribution in [0.1, 0.15) is 12.0 Å². The Morgan fingerprint density at radius 3 is 2.66 bits per heavy atom. The van der Waals surface area contributed by atoms with E-state index in [1.165, 1.54) is 11.3 Å². The Kier molecular flexibility index (Phi) is 9.92. The van der Waals surface area contributed by atoms with E-state index in [1.807, 2.05) is 35.8 Å². The molecule has 0 spiro atoms. The first-order valence-corrected chi connectivity index (χ1v) is 12.0. The van der Waals surface area contributed by atoms with E-state index < -0.39 is 0 Å². The number of hydrogen-bond donors (Lipinski definition) is 1. The van der Waals surface area contributed by atoms with Gasteiger partial charge in [-0.2, -0.15) is 0 Å². The van der Waals surface area contributed by atoms with Crippen LogP contribution in [0.2, 0.25) is 0 Å². The van der Waals surface area contributed by atoms with Crippen LogP contribution in [0.25, 0.3) is 0 Å². The molecule has 2 aliphatic heterocycles. The number of benzene rings is 2. The molecule has 5 nitrogen and oxygen atoms in total. The van der Waals surface area contributed by atoms with Gasteiger partial charge in [0, 0.05) is 50.4 Å². The lowest BCUT2D eigenvalue weighted by molar-refractivity contribution is 0.122.